The van der Waals surface area contributed by atoms with Crippen LogP contribution in [0.4, 0.5) is 5.82 Å². The number of carbonyl (C=O) groups excluding carboxylic acids is 1. The maximum absolute atomic E-state index is 12.3. The average Bonchev–Trinajstić information content (AvgIpc) is 2.32. The number of hydrogen-bond donors (Lipinski definition) is 1. The van der Waals surface area contributed by atoms with Gasteiger partial charge in [0.25, 0.3) is 5.91 Å². The number of aromatic nitrogens is 1. The molecule has 19 heavy (non-hydrogen) atoms. The van der Waals surface area contributed by atoms with Gasteiger partial charge in [0.2, 0.25) is 0 Å². The molecule has 2 rings (SSSR count). The highest BCUT2D eigenvalue weighted by Crippen LogP contribution is 2.37. The number of fused-ring (bicyclic) bond motifs is 1. The number of anilines is 1. The number of carboxylic acid groups (broad SMARTS) is 1. The predicted octanol–water partition coefficient (Wildman–Crippen LogP) is 1.31. The van der Waals surface area contributed by atoms with Gasteiger partial charge in [0.15, 0.2) is 17.7 Å². The van der Waals surface area contributed by atoms with Crippen LogP contribution < -0.4 is 9.64 Å². The molecule has 0 fully saturated rings. The van der Waals surface area contributed by atoms with Crippen molar-refractivity contribution in [3.63, 3.8) is 0 Å². The van der Waals surface area contributed by atoms with Gasteiger partial charge in [-0.1, -0.05) is 13.8 Å². The van der Waals surface area contributed by atoms with Crippen molar-refractivity contribution in [2.75, 3.05) is 11.9 Å². The molecule has 2 heterocycles. The molecule has 0 radical (unpaired) electrons. The largest absolute Gasteiger partial charge is 0.481 e. The number of pyridine rings is 1. The molecule has 102 valence electrons. The quantitative estimate of drug-likeness (QED) is 0.890. The number of likely N-dealkylation sites (N-methyl/N-ethyl adjacent to an activating group) is 1. The van der Waals surface area contributed by atoms with Crippen molar-refractivity contribution in [3.05, 3.63) is 18.3 Å². The van der Waals surface area contributed by atoms with E-state index in [2.05, 4.69) is 4.98 Å². The molecular formula is C13H16N2O4. The molecule has 1 unspecified atom stereocenters. The third-order valence-electron chi connectivity index (χ3n) is 3.18. The van der Waals surface area contributed by atoms with E-state index in [4.69, 9.17) is 9.84 Å². The highest BCUT2D eigenvalue weighted by molar-refractivity contribution is 5.99. The molecule has 1 atom stereocenters. The highest BCUT2D eigenvalue weighted by Gasteiger charge is 2.44. The minimum absolute atomic E-state index is 0.146. The van der Waals surface area contributed by atoms with Crippen molar-refractivity contribution in [1.29, 1.82) is 0 Å². The minimum Gasteiger partial charge on any atom is -0.481 e. The number of aliphatic carboxylic acids is 1. The molecule has 1 amide bonds. The fraction of sp³-hybridized carbons (Fsp3) is 0.462. The first kappa shape index (κ1) is 13.3. The lowest BCUT2D eigenvalue weighted by Crippen LogP contribution is -2.52. The second kappa shape index (κ2) is 4.53. The van der Waals surface area contributed by atoms with E-state index in [-0.39, 0.29) is 12.3 Å². The fourth-order valence-corrected chi connectivity index (χ4v) is 2.16. The van der Waals surface area contributed by atoms with Gasteiger partial charge in [0, 0.05) is 18.7 Å². The predicted molar refractivity (Wildman–Crippen MR) is 68.1 cm³/mol. The number of rotatable bonds is 3. The molecular weight excluding hydrogens is 248 g/mol. The standard InChI is InChI=1S/C13H16N2O4/c1-13(2,7-9(16)17)10-12(18)15(3)11-8(19-10)5-4-6-14-11/h4-6,10H,7H2,1-3H3,(H,16,17). The summed E-state index contributed by atoms with van der Waals surface area (Å²) in [5, 5.41) is 8.93. The maximum Gasteiger partial charge on any atom is 0.304 e. The second-order valence-electron chi connectivity index (χ2n) is 5.28. The maximum atomic E-state index is 12.3. The Balaban J connectivity index is 2.35. The van der Waals surface area contributed by atoms with Crippen molar-refractivity contribution < 1.29 is 19.4 Å². The Morgan fingerprint density at radius 1 is 1.58 bits per heavy atom. The molecule has 0 bridgehead atoms. The lowest BCUT2D eigenvalue weighted by molar-refractivity contribution is -0.143. The Labute approximate surface area is 111 Å². The van der Waals surface area contributed by atoms with Gasteiger partial charge in [-0.15, -0.1) is 0 Å². The van der Waals surface area contributed by atoms with E-state index in [1.165, 1.54) is 4.90 Å². The Morgan fingerprint density at radius 2 is 2.26 bits per heavy atom. The molecule has 6 nitrogen and oxygen atoms in total. The van der Waals surface area contributed by atoms with Crippen LogP contribution in [0.25, 0.3) is 0 Å². The molecule has 0 spiro atoms. The molecule has 1 N–H and O–H groups in total. The van der Waals surface area contributed by atoms with Crippen LogP contribution in [0.15, 0.2) is 18.3 Å². The summed E-state index contributed by atoms with van der Waals surface area (Å²) in [7, 11) is 1.61. The van der Waals surface area contributed by atoms with Crippen LogP contribution in [-0.4, -0.2) is 35.1 Å². The summed E-state index contributed by atoms with van der Waals surface area (Å²) < 4.78 is 5.66. The van der Waals surface area contributed by atoms with Crippen molar-refractivity contribution in [3.8, 4) is 5.75 Å². The summed E-state index contributed by atoms with van der Waals surface area (Å²) in [6.45, 7) is 3.41. The van der Waals surface area contributed by atoms with E-state index in [1.807, 2.05) is 0 Å². The minimum atomic E-state index is -0.957. The van der Waals surface area contributed by atoms with Crippen LogP contribution >= 0.6 is 0 Å². The average molecular weight is 264 g/mol. The van der Waals surface area contributed by atoms with Crippen LogP contribution in [0.5, 0.6) is 5.75 Å². The van der Waals surface area contributed by atoms with E-state index in [0.29, 0.717) is 11.6 Å². The van der Waals surface area contributed by atoms with Crippen molar-refractivity contribution in [1.82, 2.24) is 4.98 Å². The SMILES string of the molecule is CN1C(=O)C(C(C)(C)CC(=O)O)Oc2cccnc21. The first-order valence-corrected chi connectivity index (χ1v) is 5.94. The zero-order valence-corrected chi connectivity index (χ0v) is 11.1. The third kappa shape index (κ3) is 2.38. The number of nitrogens with zero attached hydrogens (tertiary/aromatic N) is 2. The summed E-state index contributed by atoms with van der Waals surface area (Å²) in [5.41, 5.74) is -0.801. The molecule has 1 aliphatic heterocycles. The van der Waals surface area contributed by atoms with E-state index in [1.54, 1.807) is 39.2 Å². The van der Waals surface area contributed by atoms with Crippen LogP contribution in [0.2, 0.25) is 0 Å². The first-order valence-electron chi connectivity index (χ1n) is 5.94. The van der Waals surface area contributed by atoms with Crippen LogP contribution in [-0.2, 0) is 9.59 Å². The zero-order valence-electron chi connectivity index (χ0n) is 11.1. The molecule has 0 aliphatic carbocycles. The van der Waals surface area contributed by atoms with E-state index in [9.17, 15) is 9.59 Å². The van der Waals surface area contributed by atoms with E-state index < -0.39 is 17.5 Å². The summed E-state index contributed by atoms with van der Waals surface area (Å²) in [4.78, 5) is 28.7. The van der Waals surface area contributed by atoms with Crippen molar-refractivity contribution >= 4 is 17.7 Å². The molecule has 0 aromatic carbocycles. The van der Waals surface area contributed by atoms with Crippen molar-refractivity contribution in [2.45, 2.75) is 26.4 Å². The Bertz CT molecular complexity index is 527. The Morgan fingerprint density at radius 3 is 2.89 bits per heavy atom. The van der Waals surface area contributed by atoms with Gasteiger partial charge >= 0.3 is 5.97 Å². The van der Waals surface area contributed by atoms with E-state index >= 15 is 0 Å². The lowest BCUT2D eigenvalue weighted by atomic mass is 9.81. The number of hydrogen-bond acceptors (Lipinski definition) is 4. The lowest BCUT2D eigenvalue weighted by Gasteiger charge is -2.38. The number of carboxylic acids is 1. The number of ether oxygens (including phenoxy) is 1. The zero-order chi connectivity index (χ0) is 14.2. The fourth-order valence-electron chi connectivity index (χ4n) is 2.16. The van der Waals surface area contributed by atoms with E-state index in [0.717, 1.165) is 0 Å². The normalized spacial score (nSPS) is 18.8. The number of carbonyl (C=O) groups is 2. The van der Waals surface area contributed by atoms with Crippen LogP contribution in [0, 0.1) is 5.41 Å². The van der Waals surface area contributed by atoms with Gasteiger partial charge in [-0.25, -0.2) is 4.98 Å². The second-order valence-corrected chi connectivity index (χ2v) is 5.28. The third-order valence-corrected chi connectivity index (χ3v) is 3.18. The Hall–Kier alpha value is -2.11. The molecule has 1 aromatic rings. The Kier molecular flexibility index (Phi) is 3.18. The van der Waals surface area contributed by atoms with Crippen LogP contribution in [0.3, 0.4) is 0 Å². The van der Waals surface area contributed by atoms with Crippen molar-refractivity contribution in [2.24, 2.45) is 5.41 Å². The van der Waals surface area contributed by atoms with Gasteiger partial charge in [-0.05, 0) is 12.1 Å². The summed E-state index contributed by atoms with van der Waals surface area (Å²) >= 11 is 0. The molecule has 1 aromatic heterocycles. The topological polar surface area (TPSA) is 79.7 Å². The summed E-state index contributed by atoms with van der Waals surface area (Å²) in [6, 6.07) is 3.43. The van der Waals surface area contributed by atoms with Gasteiger partial charge < -0.3 is 9.84 Å². The van der Waals surface area contributed by atoms with Gasteiger partial charge in [0.1, 0.15) is 0 Å². The molecule has 1 aliphatic rings. The summed E-state index contributed by atoms with van der Waals surface area (Å²) in [5.74, 6) is -0.290. The monoisotopic (exact) mass is 264 g/mol. The van der Waals surface area contributed by atoms with Crippen LogP contribution in [0.1, 0.15) is 20.3 Å². The molecule has 0 saturated heterocycles. The van der Waals surface area contributed by atoms with Gasteiger partial charge in [0.05, 0.1) is 6.42 Å². The molecule has 6 heteroatoms. The first-order chi connectivity index (χ1) is 8.83. The molecule has 0 saturated carbocycles. The number of amides is 1. The smallest absolute Gasteiger partial charge is 0.304 e. The van der Waals surface area contributed by atoms with Gasteiger partial charge in [-0.3, -0.25) is 14.5 Å². The summed E-state index contributed by atoms with van der Waals surface area (Å²) in [6.07, 6.45) is 0.604. The van der Waals surface area contributed by atoms with Gasteiger partial charge in [-0.2, -0.15) is 0 Å². The highest BCUT2D eigenvalue weighted by atomic mass is 16.5.